The summed E-state index contributed by atoms with van der Waals surface area (Å²) in [5.74, 6) is 1.92. The second-order valence-electron chi connectivity index (χ2n) is 4.77. The number of hydrogen-bond acceptors (Lipinski definition) is 3. The van der Waals surface area contributed by atoms with Gasteiger partial charge in [-0.15, -0.1) is 0 Å². The maximum atomic E-state index is 5.85. The van der Waals surface area contributed by atoms with Crippen LogP contribution in [-0.2, 0) is 0 Å². The highest BCUT2D eigenvalue weighted by molar-refractivity contribution is 5.73. The second-order valence-corrected chi connectivity index (χ2v) is 4.77. The molecule has 2 heterocycles. The van der Waals surface area contributed by atoms with E-state index in [9.17, 15) is 0 Å². The molecular weight excluding hydrogens is 200 g/mol. The molecule has 3 rings (SSSR count). The van der Waals surface area contributed by atoms with Gasteiger partial charge >= 0.3 is 0 Å². The molecule has 0 unspecified atom stereocenters. The Morgan fingerprint density at radius 2 is 2.25 bits per heavy atom. The number of oxazole rings is 1. The lowest BCUT2D eigenvalue weighted by atomic mass is 9.98. The number of benzene rings is 1. The summed E-state index contributed by atoms with van der Waals surface area (Å²) in [4.78, 5) is 4.58. The van der Waals surface area contributed by atoms with Gasteiger partial charge in [-0.05, 0) is 37.1 Å². The Labute approximate surface area is 94.9 Å². The highest BCUT2D eigenvalue weighted by Crippen LogP contribution is 2.29. The van der Waals surface area contributed by atoms with Crippen LogP contribution in [0.3, 0.4) is 0 Å². The van der Waals surface area contributed by atoms with E-state index in [0.29, 0.717) is 11.8 Å². The Bertz CT molecular complexity index is 518. The number of nitrogens with zero attached hydrogens (tertiary/aromatic N) is 1. The molecule has 2 aromatic rings. The fourth-order valence-electron chi connectivity index (χ4n) is 2.35. The average molecular weight is 216 g/mol. The average Bonchev–Trinajstić information content (AvgIpc) is 2.82. The lowest BCUT2D eigenvalue weighted by Gasteiger charge is -2.08. The van der Waals surface area contributed by atoms with E-state index in [1.54, 1.807) is 0 Å². The number of aromatic nitrogens is 1. The van der Waals surface area contributed by atoms with Crippen molar-refractivity contribution < 1.29 is 4.42 Å². The van der Waals surface area contributed by atoms with Crippen molar-refractivity contribution in [1.29, 1.82) is 0 Å². The van der Waals surface area contributed by atoms with Crippen LogP contribution in [0.5, 0.6) is 0 Å². The molecule has 3 nitrogen and oxygen atoms in total. The number of nitrogens with one attached hydrogen (secondary N) is 1. The van der Waals surface area contributed by atoms with Crippen LogP contribution in [-0.4, -0.2) is 18.1 Å². The first-order chi connectivity index (χ1) is 7.74. The molecule has 0 aliphatic carbocycles. The SMILES string of the molecule is Cc1ccc2nc([C@@H]3CNC[C@H]3C)oc2c1. The maximum absolute atomic E-state index is 5.85. The van der Waals surface area contributed by atoms with Gasteiger partial charge in [0.15, 0.2) is 11.5 Å². The van der Waals surface area contributed by atoms with Crippen molar-refractivity contribution in [2.45, 2.75) is 19.8 Å². The van der Waals surface area contributed by atoms with Crippen LogP contribution in [0.4, 0.5) is 0 Å². The van der Waals surface area contributed by atoms with E-state index in [2.05, 4.69) is 36.3 Å². The minimum atomic E-state index is 0.424. The Kier molecular flexibility index (Phi) is 2.21. The molecule has 1 aliphatic heterocycles. The van der Waals surface area contributed by atoms with Crippen LogP contribution >= 0.6 is 0 Å². The van der Waals surface area contributed by atoms with Crippen LogP contribution < -0.4 is 5.32 Å². The van der Waals surface area contributed by atoms with Crippen molar-refractivity contribution in [3.8, 4) is 0 Å². The van der Waals surface area contributed by atoms with Gasteiger partial charge in [0, 0.05) is 6.54 Å². The number of aryl methyl sites for hydroxylation is 1. The zero-order valence-electron chi connectivity index (χ0n) is 9.66. The third-order valence-corrected chi connectivity index (χ3v) is 3.40. The Morgan fingerprint density at radius 1 is 1.38 bits per heavy atom. The lowest BCUT2D eigenvalue weighted by molar-refractivity contribution is 0.435. The first-order valence-corrected chi connectivity index (χ1v) is 5.82. The number of hydrogen-bond donors (Lipinski definition) is 1. The highest BCUT2D eigenvalue weighted by Gasteiger charge is 2.28. The Balaban J connectivity index is 2.04. The molecule has 1 aromatic carbocycles. The quantitative estimate of drug-likeness (QED) is 0.795. The molecule has 1 fully saturated rings. The van der Waals surface area contributed by atoms with Crippen LogP contribution in [0.1, 0.15) is 24.3 Å². The summed E-state index contributed by atoms with van der Waals surface area (Å²) in [6.45, 7) is 6.35. The largest absolute Gasteiger partial charge is 0.440 e. The van der Waals surface area contributed by atoms with Crippen LogP contribution in [0.2, 0.25) is 0 Å². The summed E-state index contributed by atoms with van der Waals surface area (Å²) in [7, 11) is 0. The van der Waals surface area contributed by atoms with E-state index in [4.69, 9.17) is 4.42 Å². The summed E-state index contributed by atoms with van der Waals surface area (Å²) in [5.41, 5.74) is 3.10. The van der Waals surface area contributed by atoms with Gasteiger partial charge in [0.25, 0.3) is 0 Å². The number of fused-ring (bicyclic) bond motifs is 1. The molecule has 1 aromatic heterocycles. The normalized spacial score (nSPS) is 25.4. The first kappa shape index (κ1) is 9.85. The van der Waals surface area contributed by atoms with E-state index in [-0.39, 0.29) is 0 Å². The van der Waals surface area contributed by atoms with Crippen molar-refractivity contribution >= 4 is 11.1 Å². The zero-order valence-corrected chi connectivity index (χ0v) is 9.66. The van der Waals surface area contributed by atoms with Crippen molar-refractivity contribution in [2.75, 3.05) is 13.1 Å². The Morgan fingerprint density at radius 3 is 3.00 bits per heavy atom. The molecule has 1 N–H and O–H groups in total. The molecular formula is C13H16N2O. The summed E-state index contributed by atoms with van der Waals surface area (Å²) in [6.07, 6.45) is 0. The van der Waals surface area contributed by atoms with Gasteiger partial charge in [0.1, 0.15) is 5.52 Å². The van der Waals surface area contributed by atoms with Gasteiger partial charge in [-0.2, -0.15) is 0 Å². The smallest absolute Gasteiger partial charge is 0.200 e. The summed E-state index contributed by atoms with van der Waals surface area (Å²) in [5, 5.41) is 3.38. The van der Waals surface area contributed by atoms with Crippen molar-refractivity contribution in [2.24, 2.45) is 5.92 Å². The molecule has 0 amide bonds. The topological polar surface area (TPSA) is 38.1 Å². The molecule has 0 saturated carbocycles. The molecule has 1 aliphatic rings. The van der Waals surface area contributed by atoms with E-state index in [1.165, 1.54) is 5.56 Å². The summed E-state index contributed by atoms with van der Waals surface area (Å²) in [6, 6.07) is 6.16. The molecule has 3 heteroatoms. The minimum Gasteiger partial charge on any atom is -0.440 e. The molecule has 0 spiro atoms. The molecule has 84 valence electrons. The third kappa shape index (κ3) is 1.52. The number of rotatable bonds is 1. The first-order valence-electron chi connectivity index (χ1n) is 5.82. The predicted octanol–water partition coefficient (Wildman–Crippen LogP) is 2.46. The van der Waals surface area contributed by atoms with E-state index < -0.39 is 0 Å². The lowest BCUT2D eigenvalue weighted by Crippen LogP contribution is -2.08. The van der Waals surface area contributed by atoms with Crippen molar-refractivity contribution in [1.82, 2.24) is 10.3 Å². The summed E-state index contributed by atoms with van der Waals surface area (Å²) >= 11 is 0. The van der Waals surface area contributed by atoms with E-state index in [0.717, 1.165) is 30.1 Å². The van der Waals surface area contributed by atoms with Gasteiger partial charge in [-0.3, -0.25) is 0 Å². The standard InChI is InChI=1S/C13H16N2O/c1-8-3-4-11-12(5-8)16-13(15-11)10-7-14-6-9(10)2/h3-5,9-10,14H,6-7H2,1-2H3/t9-,10-/m1/s1. The zero-order chi connectivity index (χ0) is 11.1. The monoisotopic (exact) mass is 216 g/mol. The van der Waals surface area contributed by atoms with E-state index >= 15 is 0 Å². The van der Waals surface area contributed by atoms with Gasteiger partial charge in [0.2, 0.25) is 0 Å². The summed E-state index contributed by atoms with van der Waals surface area (Å²) < 4.78 is 5.85. The highest BCUT2D eigenvalue weighted by atomic mass is 16.3. The van der Waals surface area contributed by atoms with Gasteiger partial charge in [0.05, 0.1) is 5.92 Å². The molecule has 2 atom stereocenters. The van der Waals surface area contributed by atoms with Crippen LogP contribution in [0.15, 0.2) is 22.6 Å². The fraction of sp³-hybridized carbons (Fsp3) is 0.462. The van der Waals surface area contributed by atoms with Crippen LogP contribution in [0.25, 0.3) is 11.1 Å². The Hall–Kier alpha value is -1.35. The second kappa shape index (κ2) is 3.59. The van der Waals surface area contributed by atoms with Crippen molar-refractivity contribution in [3.63, 3.8) is 0 Å². The van der Waals surface area contributed by atoms with Gasteiger partial charge < -0.3 is 9.73 Å². The molecule has 0 bridgehead atoms. The van der Waals surface area contributed by atoms with Gasteiger partial charge in [-0.1, -0.05) is 13.0 Å². The third-order valence-electron chi connectivity index (χ3n) is 3.40. The maximum Gasteiger partial charge on any atom is 0.200 e. The van der Waals surface area contributed by atoms with Gasteiger partial charge in [-0.25, -0.2) is 4.98 Å². The van der Waals surface area contributed by atoms with E-state index in [1.807, 2.05) is 6.07 Å². The molecule has 1 saturated heterocycles. The minimum absolute atomic E-state index is 0.424. The molecule has 0 radical (unpaired) electrons. The van der Waals surface area contributed by atoms with Crippen LogP contribution in [0, 0.1) is 12.8 Å². The predicted molar refractivity (Wildman–Crippen MR) is 63.5 cm³/mol. The molecule has 16 heavy (non-hydrogen) atoms. The fourth-order valence-corrected chi connectivity index (χ4v) is 2.35. The van der Waals surface area contributed by atoms with Crippen molar-refractivity contribution in [3.05, 3.63) is 29.7 Å².